The van der Waals surface area contributed by atoms with Gasteiger partial charge in [-0.2, -0.15) is 4.99 Å². The van der Waals surface area contributed by atoms with Crippen molar-refractivity contribution in [2.24, 2.45) is 10.9 Å². The summed E-state index contributed by atoms with van der Waals surface area (Å²) in [5, 5.41) is 2.34. The van der Waals surface area contributed by atoms with Gasteiger partial charge < -0.3 is 10.1 Å². The molecule has 0 rings (SSSR count). The van der Waals surface area contributed by atoms with Crippen molar-refractivity contribution in [1.82, 2.24) is 5.32 Å². The molecule has 0 aromatic rings. The molecule has 0 unspecified atom stereocenters. The van der Waals surface area contributed by atoms with Gasteiger partial charge in [-0.25, -0.2) is 4.79 Å². The van der Waals surface area contributed by atoms with Crippen molar-refractivity contribution in [3.05, 3.63) is 0 Å². The lowest BCUT2D eigenvalue weighted by atomic mass is 10.0. The Morgan fingerprint density at radius 1 is 1.44 bits per heavy atom. The Kier molecular flexibility index (Phi) is 6.79. The number of nitrogens with one attached hydrogen (secondary N) is 1. The van der Waals surface area contributed by atoms with Crippen LogP contribution < -0.4 is 5.32 Å². The molecule has 1 N–H and O–H groups in total. The second-order valence-corrected chi connectivity index (χ2v) is 3.66. The molecule has 0 radical (unpaired) electrons. The lowest BCUT2D eigenvalue weighted by Crippen LogP contribution is -2.37. The van der Waals surface area contributed by atoms with E-state index in [-0.39, 0.29) is 12.5 Å². The zero-order valence-corrected chi connectivity index (χ0v) is 9.65. The number of carbonyl (C=O) groups excluding carboxylic acids is 3. The molecule has 0 fully saturated rings. The van der Waals surface area contributed by atoms with Crippen molar-refractivity contribution >= 4 is 18.0 Å². The summed E-state index contributed by atoms with van der Waals surface area (Å²) < 4.78 is 4.36. The predicted molar refractivity (Wildman–Crippen MR) is 56.4 cm³/mol. The Bertz CT molecular complexity index is 295. The van der Waals surface area contributed by atoms with E-state index in [1.807, 2.05) is 13.8 Å². The first kappa shape index (κ1) is 14.3. The van der Waals surface area contributed by atoms with Crippen molar-refractivity contribution in [2.75, 3.05) is 13.7 Å². The largest absolute Gasteiger partial charge is 0.468 e. The van der Waals surface area contributed by atoms with Gasteiger partial charge in [0.2, 0.25) is 12.0 Å². The Morgan fingerprint density at radius 3 is 2.50 bits per heavy atom. The van der Waals surface area contributed by atoms with Gasteiger partial charge in [0.05, 0.1) is 7.11 Å². The average Bonchev–Trinajstić information content (AvgIpc) is 2.24. The van der Waals surface area contributed by atoms with Gasteiger partial charge in [-0.15, -0.1) is 0 Å². The van der Waals surface area contributed by atoms with Crippen LogP contribution in [0.5, 0.6) is 0 Å². The standard InChI is InChI=1S/C10H16N2O4/c1-7(2)4-8(12-6-13)10(15)11-5-9(14)16-3/h7-8H,4-5H2,1-3H3,(H,11,15)/t8-/m0/s1. The maximum Gasteiger partial charge on any atom is 0.325 e. The zero-order chi connectivity index (χ0) is 12.6. The minimum atomic E-state index is -0.790. The average molecular weight is 228 g/mol. The maximum atomic E-state index is 11.5. The quantitative estimate of drug-likeness (QED) is 0.395. The van der Waals surface area contributed by atoms with Crippen LogP contribution in [0.15, 0.2) is 4.99 Å². The fourth-order valence-corrected chi connectivity index (χ4v) is 1.08. The van der Waals surface area contributed by atoms with Crippen LogP contribution in [0.3, 0.4) is 0 Å². The smallest absolute Gasteiger partial charge is 0.325 e. The summed E-state index contributed by atoms with van der Waals surface area (Å²) in [6.45, 7) is 3.58. The summed E-state index contributed by atoms with van der Waals surface area (Å²) >= 11 is 0. The van der Waals surface area contributed by atoms with Crippen molar-refractivity contribution in [1.29, 1.82) is 0 Å². The van der Waals surface area contributed by atoms with Crippen LogP contribution in [0.2, 0.25) is 0 Å². The van der Waals surface area contributed by atoms with Crippen LogP contribution in [0.25, 0.3) is 0 Å². The summed E-state index contributed by atoms with van der Waals surface area (Å²) in [5.74, 6) is -0.805. The maximum absolute atomic E-state index is 11.5. The van der Waals surface area contributed by atoms with Crippen LogP contribution in [-0.4, -0.2) is 37.7 Å². The minimum absolute atomic E-state index is 0.214. The Hall–Kier alpha value is -1.68. The highest BCUT2D eigenvalue weighted by molar-refractivity contribution is 5.86. The molecule has 0 saturated carbocycles. The molecule has 0 aliphatic carbocycles. The third kappa shape index (κ3) is 5.93. The number of ether oxygens (including phenoxy) is 1. The van der Waals surface area contributed by atoms with E-state index in [0.29, 0.717) is 6.42 Å². The molecule has 0 aliphatic rings. The fourth-order valence-electron chi connectivity index (χ4n) is 1.08. The molecule has 1 amide bonds. The lowest BCUT2D eigenvalue weighted by molar-refractivity contribution is -0.141. The van der Waals surface area contributed by atoms with Crippen molar-refractivity contribution in [3.63, 3.8) is 0 Å². The molecule has 0 heterocycles. The SMILES string of the molecule is COC(=O)CNC(=O)[C@H](CC(C)C)N=C=O. The van der Waals surface area contributed by atoms with Crippen LogP contribution in [0, 0.1) is 5.92 Å². The summed E-state index contributed by atoms with van der Waals surface area (Å²) in [6, 6.07) is -0.790. The second kappa shape index (κ2) is 7.59. The van der Waals surface area contributed by atoms with E-state index in [2.05, 4.69) is 15.0 Å². The number of methoxy groups -OCH3 is 1. The van der Waals surface area contributed by atoms with E-state index in [4.69, 9.17) is 0 Å². The molecule has 0 aromatic carbocycles. The highest BCUT2D eigenvalue weighted by Gasteiger charge is 2.19. The van der Waals surface area contributed by atoms with Gasteiger partial charge in [0.25, 0.3) is 0 Å². The molecular formula is C10H16N2O4. The topological polar surface area (TPSA) is 84.8 Å². The molecular weight excluding hydrogens is 212 g/mol. The molecule has 0 bridgehead atoms. The molecule has 6 nitrogen and oxygen atoms in total. The minimum Gasteiger partial charge on any atom is -0.468 e. The van der Waals surface area contributed by atoms with Crippen LogP contribution in [-0.2, 0) is 19.1 Å². The molecule has 6 heteroatoms. The highest BCUT2D eigenvalue weighted by atomic mass is 16.5. The number of nitrogens with zero attached hydrogens (tertiary/aromatic N) is 1. The number of carbonyl (C=O) groups is 2. The number of hydrogen-bond acceptors (Lipinski definition) is 5. The third-order valence-electron chi connectivity index (χ3n) is 1.84. The molecule has 0 spiro atoms. The van der Waals surface area contributed by atoms with Gasteiger partial charge in [0.15, 0.2) is 0 Å². The molecule has 0 aromatic heterocycles. The van der Waals surface area contributed by atoms with Gasteiger partial charge in [-0.1, -0.05) is 13.8 Å². The summed E-state index contributed by atoms with van der Waals surface area (Å²) in [6.07, 6.45) is 1.79. The van der Waals surface area contributed by atoms with E-state index in [0.717, 1.165) is 0 Å². The summed E-state index contributed by atoms with van der Waals surface area (Å²) in [5.41, 5.74) is 0. The number of amides is 1. The van der Waals surface area contributed by atoms with E-state index in [1.165, 1.54) is 13.2 Å². The van der Waals surface area contributed by atoms with Crippen molar-refractivity contribution < 1.29 is 19.1 Å². The number of hydrogen-bond donors (Lipinski definition) is 1. The Morgan fingerprint density at radius 2 is 2.06 bits per heavy atom. The molecule has 90 valence electrons. The Balaban J connectivity index is 4.27. The fraction of sp³-hybridized carbons (Fsp3) is 0.700. The summed E-state index contributed by atoms with van der Waals surface area (Å²) in [4.78, 5) is 35.8. The highest BCUT2D eigenvalue weighted by Crippen LogP contribution is 2.07. The summed E-state index contributed by atoms with van der Waals surface area (Å²) in [7, 11) is 1.23. The number of esters is 1. The van der Waals surface area contributed by atoms with Gasteiger partial charge >= 0.3 is 5.97 Å². The van der Waals surface area contributed by atoms with Gasteiger partial charge in [-0.05, 0) is 12.3 Å². The van der Waals surface area contributed by atoms with Gasteiger partial charge in [0.1, 0.15) is 12.6 Å². The van der Waals surface area contributed by atoms with Crippen LogP contribution in [0.4, 0.5) is 0 Å². The monoisotopic (exact) mass is 228 g/mol. The molecule has 0 aliphatic heterocycles. The van der Waals surface area contributed by atoms with E-state index in [1.54, 1.807) is 0 Å². The van der Waals surface area contributed by atoms with E-state index < -0.39 is 17.9 Å². The van der Waals surface area contributed by atoms with Gasteiger partial charge in [0, 0.05) is 0 Å². The van der Waals surface area contributed by atoms with Crippen LogP contribution in [0.1, 0.15) is 20.3 Å². The first-order chi connectivity index (χ1) is 7.51. The molecule has 0 saturated heterocycles. The van der Waals surface area contributed by atoms with Crippen molar-refractivity contribution in [2.45, 2.75) is 26.3 Å². The number of aliphatic imine (C=N–C) groups is 1. The van der Waals surface area contributed by atoms with Gasteiger partial charge in [-0.3, -0.25) is 9.59 Å². The van der Waals surface area contributed by atoms with E-state index in [9.17, 15) is 14.4 Å². The van der Waals surface area contributed by atoms with Crippen molar-refractivity contribution in [3.8, 4) is 0 Å². The predicted octanol–water partition coefficient (Wildman–Crippen LogP) is 0.0261. The first-order valence-electron chi connectivity index (χ1n) is 4.92. The number of rotatable bonds is 6. The lowest BCUT2D eigenvalue weighted by Gasteiger charge is -2.12. The Labute approximate surface area is 94.1 Å². The second-order valence-electron chi connectivity index (χ2n) is 3.66. The first-order valence-corrected chi connectivity index (χ1v) is 4.92. The molecule has 16 heavy (non-hydrogen) atoms. The normalized spacial score (nSPS) is 11.5. The molecule has 1 atom stereocenters. The number of isocyanates is 1. The van der Waals surface area contributed by atoms with E-state index >= 15 is 0 Å². The third-order valence-corrected chi connectivity index (χ3v) is 1.84. The van der Waals surface area contributed by atoms with Crippen LogP contribution >= 0.6 is 0 Å². The zero-order valence-electron chi connectivity index (χ0n) is 9.65.